The minimum absolute atomic E-state index is 0.158. The monoisotopic (exact) mass is 389 g/mol. The number of carbonyl (C=O) groups excluding carboxylic acids is 1. The molecule has 1 saturated carbocycles. The zero-order valence-electron chi connectivity index (χ0n) is 17.7. The topological polar surface area (TPSA) is 35.6 Å². The number of carbonyl (C=O) groups is 1. The summed E-state index contributed by atoms with van der Waals surface area (Å²) < 4.78 is 13.2. The molecule has 1 aromatic carbocycles. The van der Waals surface area contributed by atoms with E-state index >= 15 is 0 Å². The van der Waals surface area contributed by atoms with Gasteiger partial charge in [-0.25, -0.2) is 4.39 Å². The van der Waals surface area contributed by atoms with E-state index in [2.05, 4.69) is 17.3 Å². The second-order valence-electron chi connectivity index (χ2n) is 8.85. The summed E-state index contributed by atoms with van der Waals surface area (Å²) in [5.41, 5.74) is 1.24. The standard InChI is InChI=1S/C23H36FN3O/c1-17(28)26(3)22-10-11-23(25-2)20(14-22)16-27-12-4-5-19(15-27)13-18-6-8-21(24)9-7-18/h6-9,19-20,22-23,25H,4-5,10-16H2,1-3H3/t19-,20-,22+,23+/m0/s1. The van der Waals surface area contributed by atoms with Crippen molar-refractivity contribution in [2.75, 3.05) is 33.7 Å². The van der Waals surface area contributed by atoms with Gasteiger partial charge in [0, 0.05) is 39.1 Å². The molecule has 2 aliphatic rings. The third kappa shape index (κ3) is 5.54. The third-order valence-corrected chi connectivity index (χ3v) is 6.90. The lowest BCUT2D eigenvalue weighted by molar-refractivity contribution is -0.130. The Kier molecular flexibility index (Phi) is 7.47. The highest BCUT2D eigenvalue weighted by Crippen LogP contribution is 2.30. The van der Waals surface area contributed by atoms with Crippen LogP contribution in [0.25, 0.3) is 0 Å². The second-order valence-corrected chi connectivity index (χ2v) is 8.85. The molecule has 1 aliphatic heterocycles. The molecule has 0 spiro atoms. The molecule has 1 aromatic rings. The summed E-state index contributed by atoms with van der Waals surface area (Å²) in [7, 11) is 4.02. The van der Waals surface area contributed by atoms with Gasteiger partial charge < -0.3 is 15.1 Å². The van der Waals surface area contributed by atoms with Crippen LogP contribution in [0.5, 0.6) is 0 Å². The Hall–Kier alpha value is -1.46. The van der Waals surface area contributed by atoms with Gasteiger partial charge >= 0.3 is 0 Å². The molecule has 1 amide bonds. The molecule has 1 saturated heterocycles. The molecule has 28 heavy (non-hydrogen) atoms. The molecule has 0 unspecified atom stereocenters. The Labute approximate surface area is 169 Å². The van der Waals surface area contributed by atoms with Crippen molar-refractivity contribution < 1.29 is 9.18 Å². The van der Waals surface area contributed by atoms with Crippen LogP contribution in [0, 0.1) is 17.7 Å². The SMILES string of the molecule is CN[C@@H]1CC[C@@H](N(C)C(C)=O)C[C@H]1CN1CCC[C@@H](Cc2ccc(F)cc2)C1. The van der Waals surface area contributed by atoms with E-state index in [0.29, 0.717) is 23.9 Å². The van der Waals surface area contributed by atoms with Gasteiger partial charge in [-0.05, 0) is 81.6 Å². The van der Waals surface area contributed by atoms with Gasteiger partial charge in [-0.3, -0.25) is 4.79 Å². The van der Waals surface area contributed by atoms with Crippen molar-refractivity contribution in [2.24, 2.45) is 11.8 Å². The summed E-state index contributed by atoms with van der Waals surface area (Å²) in [5, 5.41) is 3.52. The van der Waals surface area contributed by atoms with Gasteiger partial charge in [0.25, 0.3) is 0 Å². The van der Waals surface area contributed by atoms with Gasteiger partial charge in [0.05, 0.1) is 0 Å². The van der Waals surface area contributed by atoms with E-state index in [1.54, 1.807) is 19.1 Å². The molecule has 0 aromatic heterocycles. The molecule has 3 rings (SSSR count). The smallest absolute Gasteiger partial charge is 0.219 e. The number of nitrogens with one attached hydrogen (secondary N) is 1. The van der Waals surface area contributed by atoms with Gasteiger partial charge in [0.15, 0.2) is 0 Å². The Balaban J connectivity index is 1.57. The summed E-state index contributed by atoms with van der Waals surface area (Å²) in [6.07, 6.45) is 6.83. The van der Waals surface area contributed by atoms with Crippen LogP contribution in [0.4, 0.5) is 4.39 Å². The first-order valence-electron chi connectivity index (χ1n) is 10.8. The molecule has 4 atom stereocenters. The summed E-state index contributed by atoms with van der Waals surface area (Å²) in [5.74, 6) is 1.24. The maximum Gasteiger partial charge on any atom is 0.219 e. The van der Waals surface area contributed by atoms with Crippen LogP contribution in [0.15, 0.2) is 24.3 Å². The molecule has 2 fully saturated rings. The largest absolute Gasteiger partial charge is 0.343 e. The quantitative estimate of drug-likeness (QED) is 0.811. The predicted octanol–water partition coefficient (Wildman–Crippen LogP) is 3.32. The molecule has 1 heterocycles. The van der Waals surface area contributed by atoms with Gasteiger partial charge in [-0.1, -0.05) is 12.1 Å². The summed E-state index contributed by atoms with van der Waals surface area (Å²) >= 11 is 0. The molecule has 1 N–H and O–H groups in total. The van der Waals surface area contributed by atoms with Gasteiger partial charge in [0.2, 0.25) is 5.91 Å². The lowest BCUT2D eigenvalue weighted by atomic mass is 9.80. The van der Waals surface area contributed by atoms with Crippen LogP contribution in [0.2, 0.25) is 0 Å². The van der Waals surface area contributed by atoms with E-state index in [1.807, 2.05) is 24.1 Å². The van der Waals surface area contributed by atoms with Crippen LogP contribution < -0.4 is 5.32 Å². The fourth-order valence-corrected chi connectivity index (χ4v) is 5.20. The Morgan fingerprint density at radius 2 is 2.00 bits per heavy atom. The van der Waals surface area contributed by atoms with E-state index < -0.39 is 0 Å². The summed E-state index contributed by atoms with van der Waals surface area (Å²) in [4.78, 5) is 16.4. The average molecular weight is 390 g/mol. The minimum atomic E-state index is -0.158. The van der Waals surface area contributed by atoms with Crippen LogP contribution in [-0.2, 0) is 11.2 Å². The van der Waals surface area contributed by atoms with Crippen molar-refractivity contribution >= 4 is 5.91 Å². The van der Waals surface area contributed by atoms with Crippen LogP contribution >= 0.6 is 0 Å². The number of hydrogen-bond donors (Lipinski definition) is 1. The van der Waals surface area contributed by atoms with Crippen molar-refractivity contribution in [3.63, 3.8) is 0 Å². The van der Waals surface area contributed by atoms with Crippen LogP contribution in [-0.4, -0.2) is 61.5 Å². The normalized spacial score (nSPS) is 28.9. The Morgan fingerprint density at radius 3 is 2.68 bits per heavy atom. The van der Waals surface area contributed by atoms with Crippen molar-refractivity contribution in [1.29, 1.82) is 0 Å². The van der Waals surface area contributed by atoms with E-state index in [9.17, 15) is 9.18 Å². The first-order chi connectivity index (χ1) is 13.5. The van der Waals surface area contributed by atoms with Gasteiger partial charge in [0.1, 0.15) is 5.82 Å². The zero-order chi connectivity index (χ0) is 20.1. The highest BCUT2D eigenvalue weighted by atomic mass is 19.1. The lowest BCUT2D eigenvalue weighted by Crippen LogP contribution is -2.51. The Morgan fingerprint density at radius 1 is 1.25 bits per heavy atom. The number of piperidine rings is 1. The zero-order valence-corrected chi connectivity index (χ0v) is 17.7. The maximum atomic E-state index is 13.2. The van der Waals surface area contributed by atoms with Gasteiger partial charge in [-0.2, -0.15) is 0 Å². The Bertz CT molecular complexity index is 635. The van der Waals surface area contributed by atoms with E-state index in [1.165, 1.54) is 24.9 Å². The molecular weight excluding hydrogens is 353 g/mol. The first-order valence-corrected chi connectivity index (χ1v) is 10.8. The maximum absolute atomic E-state index is 13.2. The number of benzene rings is 1. The van der Waals surface area contributed by atoms with Crippen LogP contribution in [0.3, 0.4) is 0 Å². The number of likely N-dealkylation sites (tertiary alicyclic amines) is 1. The molecule has 5 heteroatoms. The molecule has 4 nitrogen and oxygen atoms in total. The summed E-state index contributed by atoms with van der Waals surface area (Å²) in [6, 6.07) is 7.90. The highest BCUT2D eigenvalue weighted by Gasteiger charge is 2.34. The van der Waals surface area contributed by atoms with E-state index in [0.717, 1.165) is 38.8 Å². The number of amides is 1. The highest BCUT2D eigenvalue weighted by molar-refractivity contribution is 5.73. The fourth-order valence-electron chi connectivity index (χ4n) is 5.20. The molecule has 0 bridgehead atoms. The molecule has 0 radical (unpaired) electrons. The van der Waals surface area contributed by atoms with Crippen molar-refractivity contribution in [1.82, 2.24) is 15.1 Å². The average Bonchev–Trinajstić information content (AvgIpc) is 2.69. The number of hydrogen-bond acceptors (Lipinski definition) is 3. The van der Waals surface area contributed by atoms with Crippen molar-refractivity contribution in [3.05, 3.63) is 35.6 Å². The second kappa shape index (κ2) is 9.84. The number of halogens is 1. The van der Waals surface area contributed by atoms with E-state index in [-0.39, 0.29) is 11.7 Å². The van der Waals surface area contributed by atoms with Crippen LogP contribution in [0.1, 0.15) is 44.6 Å². The number of nitrogens with zero attached hydrogens (tertiary/aromatic N) is 2. The van der Waals surface area contributed by atoms with Gasteiger partial charge in [-0.15, -0.1) is 0 Å². The first kappa shape index (κ1) is 21.3. The van der Waals surface area contributed by atoms with Crippen molar-refractivity contribution in [3.8, 4) is 0 Å². The molecule has 156 valence electrons. The molecule has 1 aliphatic carbocycles. The fraction of sp³-hybridized carbons (Fsp3) is 0.696. The van der Waals surface area contributed by atoms with E-state index in [4.69, 9.17) is 0 Å². The van der Waals surface area contributed by atoms with Crippen molar-refractivity contribution in [2.45, 2.75) is 57.5 Å². The minimum Gasteiger partial charge on any atom is -0.343 e. The lowest BCUT2D eigenvalue weighted by Gasteiger charge is -2.43. The third-order valence-electron chi connectivity index (χ3n) is 6.90. The number of rotatable bonds is 6. The molecular formula is C23H36FN3O. The predicted molar refractivity (Wildman–Crippen MR) is 112 cm³/mol. The summed E-state index contributed by atoms with van der Waals surface area (Å²) in [6.45, 7) is 5.06.